The van der Waals surface area contributed by atoms with Gasteiger partial charge in [0, 0.05) is 25.3 Å². The van der Waals surface area contributed by atoms with Crippen molar-refractivity contribution >= 4 is 5.69 Å². The van der Waals surface area contributed by atoms with Crippen LogP contribution >= 0.6 is 0 Å². The maximum Gasteiger partial charge on any atom is 0.0678 e. The molecule has 3 rings (SSSR count). The Labute approximate surface area is 122 Å². The lowest BCUT2D eigenvalue weighted by molar-refractivity contribution is -0.0717. The van der Waals surface area contributed by atoms with E-state index in [1.54, 1.807) is 0 Å². The molecular formula is C17H26N2O. The number of benzene rings is 1. The predicted molar refractivity (Wildman–Crippen MR) is 82.8 cm³/mol. The minimum Gasteiger partial charge on any atom is -0.399 e. The first-order valence-electron chi connectivity index (χ1n) is 7.85. The topological polar surface area (TPSA) is 38.5 Å². The Morgan fingerprint density at radius 3 is 2.70 bits per heavy atom. The van der Waals surface area contributed by atoms with Gasteiger partial charge in [-0.05, 0) is 62.3 Å². The molecule has 2 N–H and O–H groups in total. The van der Waals surface area contributed by atoms with Crippen LogP contribution in [0.25, 0.3) is 0 Å². The second-order valence-corrected chi connectivity index (χ2v) is 6.61. The minimum atomic E-state index is 0.370. The zero-order chi connectivity index (χ0) is 14.1. The van der Waals surface area contributed by atoms with Gasteiger partial charge in [0.15, 0.2) is 0 Å². The monoisotopic (exact) mass is 274 g/mol. The summed E-state index contributed by atoms with van der Waals surface area (Å²) < 4.78 is 5.82. The lowest BCUT2D eigenvalue weighted by Gasteiger charge is -2.38. The van der Waals surface area contributed by atoms with Crippen LogP contribution in [-0.2, 0) is 17.6 Å². The Morgan fingerprint density at radius 1 is 1.20 bits per heavy atom. The Kier molecular flexibility index (Phi) is 3.99. The number of nitrogens with zero attached hydrogens (tertiary/aromatic N) is 1. The highest BCUT2D eigenvalue weighted by Crippen LogP contribution is 2.28. The molecule has 3 nitrogen and oxygen atoms in total. The number of ether oxygens (including phenoxy) is 1. The van der Waals surface area contributed by atoms with Gasteiger partial charge in [-0.1, -0.05) is 6.07 Å². The van der Waals surface area contributed by atoms with Gasteiger partial charge in [0.1, 0.15) is 0 Å². The van der Waals surface area contributed by atoms with Crippen LogP contribution < -0.4 is 5.73 Å². The van der Waals surface area contributed by atoms with E-state index >= 15 is 0 Å². The van der Waals surface area contributed by atoms with E-state index in [4.69, 9.17) is 10.5 Å². The quantitative estimate of drug-likeness (QED) is 0.842. The van der Waals surface area contributed by atoms with Gasteiger partial charge >= 0.3 is 0 Å². The summed E-state index contributed by atoms with van der Waals surface area (Å²) in [4.78, 5) is 2.59. The van der Waals surface area contributed by atoms with E-state index < -0.39 is 0 Å². The highest BCUT2D eigenvalue weighted by atomic mass is 16.5. The highest BCUT2D eigenvalue weighted by molar-refractivity contribution is 5.45. The van der Waals surface area contributed by atoms with Crippen molar-refractivity contribution in [3.05, 3.63) is 29.3 Å². The van der Waals surface area contributed by atoms with Gasteiger partial charge in [-0.25, -0.2) is 0 Å². The van der Waals surface area contributed by atoms with Crippen molar-refractivity contribution in [3.63, 3.8) is 0 Å². The van der Waals surface area contributed by atoms with Crippen LogP contribution in [0.1, 0.15) is 31.4 Å². The summed E-state index contributed by atoms with van der Waals surface area (Å²) >= 11 is 0. The number of fused-ring (bicyclic) bond motifs is 1. The van der Waals surface area contributed by atoms with Crippen LogP contribution in [0.4, 0.5) is 5.69 Å². The minimum absolute atomic E-state index is 0.370. The van der Waals surface area contributed by atoms with Crippen LogP contribution in [0.3, 0.4) is 0 Å². The molecule has 110 valence electrons. The normalized spacial score (nSPS) is 31.0. The zero-order valence-corrected chi connectivity index (χ0v) is 12.6. The number of rotatable bonds is 2. The molecule has 20 heavy (non-hydrogen) atoms. The zero-order valence-electron chi connectivity index (χ0n) is 12.6. The Balaban J connectivity index is 1.61. The van der Waals surface area contributed by atoms with Gasteiger partial charge in [0.2, 0.25) is 0 Å². The van der Waals surface area contributed by atoms with Crippen molar-refractivity contribution in [2.75, 3.05) is 25.4 Å². The molecule has 1 heterocycles. The van der Waals surface area contributed by atoms with E-state index in [0.29, 0.717) is 12.2 Å². The molecule has 0 spiro atoms. The number of hydrogen-bond acceptors (Lipinski definition) is 3. The van der Waals surface area contributed by atoms with Crippen molar-refractivity contribution in [3.8, 4) is 0 Å². The van der Waals surface area contributed by atoms with Crippen LogP contribution in [0.2, 0.25) is 0 Å². The van der Waals surface area contributed by atoms with Crippen molar-refractivity contribution in [1.82, 2.24) is 4.90 Å². The third-order valence-corrected chi connectivity index (χ3v) is 4.57. The van der Waals surface area contributed by atoms with Gasteiger partial charge in [-0.15, -0.1) is 0 Å². The number of morpholine rings is 1. The van der Waals surface area contributed by atoms with Gasteiger partial charge in [-0.2, -0.15) is 0 Å². The van der Waals surface area contributed by atoms with Gasteiger partial charge in [0.05, 0.1) is 12.2 Å². The van der Waals surface area contributed by atoms with E-state index in [2.05, 4.69) is 30.9 Å². The maximum absolute atomic E-state index is 5.87. The molecule has 0 bridgehead atoms. The molecule has 3 heteroatoms. The molecule has 0 saturated carbocycles. The Hall–Kier alpha value is -1.06. The summed E-state index contributed by atoms with van der Waals surface area (Å²) in [5.74, 6) is 0.781. The van der Waals surface area contributed by atoms with Crippen LogP contribution in [-0.4, -0.2) is 36.7 Å². The average Bonchev–Trinajstić information content (AvgIpc) is 2.38. The molecule has 1 aliphatic heterocycles. The SMILES string of the molecule is CC1CN(CC2CCc3cc(N)ccc3C2)CC(C)O1. The smallest absolute Gasteiger partial charge is 0.0678 e. The van der Waals surface area contributed by atoms with Gasteiger partial charge < -0.3 is 10.5 Å². The number of aryl methyl sites for hydroxylation is 1. The Bertz CT molecular complexity index is 464. The molecular weight excluding hydrogens is 248 g/mol. The van der Waals surface area contributed by atoms with E-state index in [9.17, 15) is 0 Å². The second kappa shape index (κ2) is 5.74. The summed E-state index contributed by atoms with van der Waals surface area (Å²) in [5.41, 5.74) is 9.74. The van der Waals surface area contributed by atoms with Crippen LogP contribution in [0.5, 0.6) is 0 Å². The molecule has 1 aliphatic carbocycles. The lowest BCUT2D eigenvalue weighted by Crippen LogP contribution is -2.47. The number of anilines is 1. The number of nitrogen functional groups attached to an aromatic ring is 1. The molecule has 2 aliphatic rings. The van der Waals surface area contributed by atoms with E-state index in [0.717, 1.165) is 24.7 Å². The first-order valence-corrected chi connectivity index (χ1v) is 7.85. The van der Waals surface area contributed by atoms with E-state index in [1.165, 1.54) is 36.9 Å². The molecule has 3 unspecified atom stereocenters. The first-order chi connectivity index (χ1) is 9.60. The summed E-state index contributed by atoms with van der Waals surface area (Å²) in [5, 5.41) is 0. The fourth-order valence-corrected chi connectivity index (χ4v) is 3.80. The largest absolute Gasteiger partial charge is 0.399 e. The molecule has 0 amide bonds. The van der Waals surface area contributed by atoms with Crippen molar-refractivity contribution in [2.45, 2.75) is 45.3 Å². The predicted octanol–water partition coefficient (Wildman–Crippen LogP) is 2.48. The van der Waals surface area contributed by atoms with Crippen molar-refractivity contribution in [2.24, 2.45) is 5.92 Å². The molecule has 0 radical (unpaired) electrons. The second-order valence-electron chi connectivity index (χ2n) is 6.61. The van der Waals surface area contributed by atoms with E-state index in [-0.39, 0.29) is 0 Å². The lowest BCUT2D eigenvalue weighted by atomic mass is 9.83. The maximum atomic E-state index is 5.87. The highest BCUT2D eigenvalue weighted by Gasteiger charge is 2.26. The molecule has 1 fully saturated rings. The summed E-state index contributed by atoms with van der Waals surface area (Å²) in [7, 11) is 0. The molecule has 1 saturated heterocycles. The molecule has 1 aromatic carbocycles. The Morgan fingerprint density at radius 2 is 1.95 bits per heavy atom. The average molecular weight is 274 g/mol. The standard InChI is InChI=1S/C17H26N2O/c1-12-9-19(10-13(2)20-12)11-14-3-4-16-8-17(18)6-5-15(16)7-14/h5-6,8,12-14H,3-4,7,9-11,18H2,1-2H3. The molecule has 1 aromatic rings. The van der Waals surface area contributed by atoms with Gasteiger partial charge in [0.25, 0.3) is 0 Å². The van der Waals surface area contributed by atoms with Crippen LogP contribution in [0, 0.1) is 5.92 Å². The summed E-state index contributed by atoms with van der Waals surface area (Å²) in [6.07, 6.45) is 4.41. The fourth-order valence-electron chi connectivity index (χ4n) is 3.80. The first kappa shape index (κ1) is 13.9. The third kappa shape index (κ3) is 3.15. The summed E-state index contributed by atoms with van der Waals surface area (Å²) in [6.45, 7) is 7.73. The number of hydrogen-bond donors (Lipinski definition) is 1. The number of nitrogens with two attached hydrogens (primary N) is 1. The fraction of sp³-hybridized carbons (Fsp3) is 0.647. The molecule has 3 atom stereocenters. The van der Waals surface area contributed by atoms with Crippen molar-refractivity contribution < 1.29 is 4.74 Å². The molecule has 0 aromatic heterocycles. The van der Waals surface area contributed by atoms with Gasteiger partial charge in [-0.3, -0.25) is 4.90 Å². The van der Waals surface area contributed by atoms with Crippen LogP contribution in [0.15, 0.2) is 18.2 Å². The van der Waals surface area contributed by atoms with Crippen molar-refractivity contribution in [1.29, 1.82) is 0 Å². The van der Waals surface area contributed by atoms with E-state index in [1.807, 2.05) is 6.07 Å². The third-order valence-electron chi connectivity index (χ3n) is 4.57. The summed E-state index contributed by atoms with van der Waals surface area (Å²) in [6, 6.07) is 6.42.